The Morgan fingerprint density at radius 2 is 1.75 bits per heavy atom. The topological polar surface area (TPSA) is 9.23 Å². The first-order chi connectivity index (χ1) is 5.52. The van der Waals surface area contributed by atoms with E-state index in [0.717, 1.165) is 24.5 Å². The Balaban J connectivity index is 3.32. The maximum absolute atomic E-state index is 5.40. The van der Waals surface area contributed by atoms with Crippen molar-refractivity contribution in [3.63, 3.8) is 0 Å². The van der Waals surface area contributed by atoms with Gasteiger partial charge in [0.05, 0.1) is 6.61 Å². The molecule has 0 aliphatic heterocycles. The lowest BCUT2D eigenvalue weighted by Gasteiger charge is -2.10. The molecule has 0 aliphatic carbocycles. The second-order valence-electron chi connectivity index (χ2n) is 4.00. The van der Waals surface area contributed by atoms with Crippen molar-refractivity contribution in [2.75, 3.05) is 6.61 Å². The van der Waals surface area contributed by atoms with Crippen LogP contribution in [0.3, 0.4) is 0 Å². The van der Waals surface area contributed by atoms with Crippen LogP contribution in [0.2, 0.25) is 0 Å². The minimum Gasteiger partial charge on any atom is -0.487 e. The monoisotopic (exact) mass is 188 g/mol. The molecule has 0 amide bonds. The van der Waals surface area contributed by atoms with Crippen LogP contribution in [0, 0.1) is 11.8 Å². The molecule has 0 bridgehead atoms. The predicted molar refractivity (Wildman–Crippen MR) is 57.5 cm³/mol. The van der Waals surface area contributed by atoms with Crippen LogP contribution in [-0.2, 0) is 4.74 Å². The first-order valence-corrected chi connectivity index (χ1v) is 5.08. The third-order valence-corrected chi connectivity index (χ3v) is 1.82. The van der Waals surface area contributed by atoms with Crippen LogP contribution in [0.4, 0.5) is 0 Å². The van der Waals surface area contributed by atoms with Gasteiger partial charge in [0.2, 0.25) is 0 Å². The van der Waals surface area contributed by atoms with Crippen LogP contribution in [0.25, 0.3) is 0 Å². The Morgan fingerprint density at radius 1 is 1.17 bits per heavy atom. The first-order valence-electron chi connectivity index (χ1n) is 4.68. The molecule has 0 aromatic heterocycles. The van der Waals surface area contributed by atoms with Crippen LogP contribution in [0.1, 0.15) is 40.5 Å². The molecule has 0 fully saturated rings. The highest BCUT2D eigenvalue weighted by Crippen LogP contribution is 2.05. The smallest absolute Gasteiger partial charge is 0.159 e. The van der Waals surface area contributed by atoms with Crippen molar-refractivity contribution < 1.29 is 4.74 Å². The van der Waals surface area contributed by atoms with Crippen molar-refractivity contribution in [2.24, 2.45) is 11.8 Å². The van der Waals surface area contributed by atoms with Gasteiger partial charge in [-0.1, -0.05) is 27.7 Å². The number of ether oxygens (including phenoxy) is 1. The molecular weight excluding hydrogens is 168 g/mol. The first kappa shape index (κ1) is 11.9. The van der Waals surface area contributed by atoms with Crippen molar-refractivity contribution in [2.45, 2.75) is 40.5 Å². The van der Waals surface area contributed by atoms with E-state index in [1.807, 2.05) is 0 Å². The average Bonchev–Trinajstić information content (AvgIpc) is 1.84. The van der Waals surface area contributed by atoms with E-state index >= 15 is 0 Å². The van der Waals surface area contributed by atoms with E-state index in [1.165, 1.54) is 0 Å². The Hall–Kier alpha value is -0.110. The van der Waals surface area contributed by atoms with Crippen molar-refractivity contribution in [1.82, 2.24) is 0 Å². The third kappa shape index (κ3) is 7.99. The standard InChI is InChI=1S/C10H20OS/c1-8(2)5-6-11-10(12)7-9(3)4/h8-9H,5-7H2,1-4H3. The van der Waals surface area contributed by atoms with Gasteiger partial charge in [0.15, 0.2) is 5.05 Å². The molecule has 0 unspecified atom stereocenters. The Kier molecular flexibility index (Phi) is 6.35. The van der Waals surface area contributed by atoms with Crippen molar-refractivity contribution in [1.29, 1.82) is 0 Å². The quantitative estimate of drug-likeness (QED) is 0.611. The molecule has 0 atom stereocenters. The summed E-state index contributed by atoms with van der Waals surface area (Å²) in [7, 11) is 0. The largest absolute Gasteiger partial charge is 0.487 e. The van der Waals surface area contributed by atoms with Gasteiger partial charge in [-0.25, -0.2) is 0 Å². The lowest BCUT2D eigenvalue weighted by Crippen LogP contribution is -2.07. The molecule has 0 N–H and O–H groups in total. The van der Waals surface area contributed by atoms with E-state index in [2.05, 4.69) is 27.7 Å². The fraction of sp³-hybridized carbons (Fsp3) is 0.900. The zero-order valence-electron chi connectivity index (χ0n) is 8.59. The van der Waals surface area contributed by atoms with Crippen LogP contribution in [0.5, 0.6) is 0 Å². The molecule has 0 aliphatic rings. The fourth-order valence-electron chi connectivity index (χ4n) is 0.801. The van der Waals surface area contributed by atoms with E-state index in [0.29, 0.717) is 11.8 Å². The summed E-state index contributed by atoms with van der Waals surface area (Å²) in [6.45, 7) is 9.46. The summed E-state index contributed by atoms with van der Waals surface area (Å²) in [5, 5.41) is 0.769. The molecule has 0 rings (SSSR count). The summed E-state index contributed by atoms with van der Waals surface area (Å²) < 4.78 is 5.40. The maximum Gasteiger partial charge on any atom is 0.159 e. The molecule has 0 saturated carbocycles. The third-order valence-electron chi connectivity index (χ3n) is 1.53. The molecule has 72 valence electrons. The van der Waals surface area contributed by atoms with Gasteiger partial charge in [-0.15, -0.1) is 0 Å². The van der Waals surface area contributed by atoms with Gasteiger partial charge in [0, 0.05) is 6.42 Å². The lowest BCUT2D eigenvalue weighted by molar-refractivity contribution is 0.274. The SMILES string of the molecule is CC(C)CCOC(=S)CC(C)C. The summed E-state index contributed by atoms with van der Waals surface area (Å²) in [5.41, 5.74) is 0. The zero-order valence-corrected chi connectivity index (χ0v) is 9.41. The van der Waals surface area contributed by atoms with Gasteiger partial charge in [0.1, 0.15) is 0 Å². The van der Waals surface area contributed by atoms with E-state index in [4.69, 9.17) is 17.0 Å². The molecule has 1 nitrogen and oxygen atoms in total. The Labute approximate surface area is 81.5 Å². The second kappa shape index (κ2) is 6.41. The zero-order chi connectivity index (χ0) is 9.56. The highest BCUT2D eigenvalue weighted by molar-refractivity contribution is 7.80. The van der Waals surface area contributed by atoms with Crippen molar-refractivity contribution >= 4 is 17.3 Å². The summed E-state index contributed by atoms with van der Waals surface area (Å²) in [6.07, 6.45) is 2.01. The molecule has 0 spiro atoms. The molecule has 0 saturated heterocycles. The number of hydrogen-bond donors (Lipinski definition) is 0. The molecule has 0 heterocycles. The van der Waals surface area contributed by atoms with Crippen molar-refractivity contribution in [3.8, 4) is 0 Å². The summed E-state index contributed by atoms with van der Waals surface area (Å²) in [6, 6.07) is 0. The minimum absolute atomic E-state index is 0.608. The van der Waals surface area contributed by atoms with Gasteiger partial charge >= 0.3 is 0 Å². The maximum atomic E-state index is 5.40. The van der Waals surface area contributed by atoms with Crippen LogP contribution >= 0.6 is 12.2 Å². The molecular formula is C10H20OS. The molecule has 0 radical (unpaired) electrons. The van der Waals surface area contributed by atoms with Crippen LogP contribution < -0.4 is 0 Å². The van der Waals surface area contributed by atoms with E-state index in [1.54, 1.807) is 0 Å². The molecule has 0 aromatic rings. The van der Waals surface area contributed by atoms with E-state index in [-0.39, 0.29) is 0 Å². The Morgan fingerprint density at radius 3 is 2.17 bits per heavy atom. The van der Waals surface area contributed by atoms with Crippen LogP contribution in [0.15, 0.2) is 0 Å². The Bertz CT molecular complexity index is 130. The summed E-state index contributed by atoms with van der Waals surface area (Å²) in [5.74, 6) is 1.31. The highest BCUT2D eigenvalue weighted by atomic mass is 32.1. The van der Waals surface area contributed by atoms with Gasteiger partial charge in [-0.05, 0) is 30.5 Å². The van der Waals surface area contributed by atoms with Gasteiger partial charge < -0.3 is 4.74 Å². The second-order valence-corrected chi connectivity index (χ2v) is 4.46. The van der Waals surface area contributed by atoms with E-state index in [9.17, 15) is 0 Å². The normalized spacial score (nSPS) is 10.8. The van der Waals surface area contributed by atoms with Crippen LogP contribution in [-0.4, -0.2) is 11.7 Å². The van der Waals surface area contributed by atoms with E-state index < -0.39 is 0 Å². The highest BCUT2D eigenvalue weighted by Gasteiger charge is 2.01. The minimum atomic E-state index is 0.608. The lowest BCUT2D eigenvalue weighted by atomic mass is 10.1. The molecule has 12 heavy (non-hydrogen) atoms. The molecule has 2 heteroatoms. The van der Waals surface area contributed by atoms with Gasteiger partial charge in [0.25, 0.3) is 0 Å². The number of rotatable bonds is 5. The average molecular weight is 188 g/mol. The summed E-state index contributed by atoms with van der Waals surface area (Å²) in [4.78, 5) is 0. The van der Waals surface area contributed by atoms with Crippen molar-refractivity contribution in [3.05, 3.63) is 0 Å². The fourth-order valence-corrected chi connectivity index (χ4v) is 1.22. The number of thiocarbonyl (C=S) groups is 1. The van der Waals surface area contributed by atoms with Gasteiger partial charge in [-0.3, -0.25) is 0 Å². The predicted octanol–water partition coefficient (Wildman–Crippen LogP) is 3.42. The molecule has 0 aromatic carbocycles. The summed E-state index contributed by atoms with van der Waals surface area (Å²) >= 11 is 5.06. The number of hydrogen-bond acceptors (Lipinski definition) is 2. The van der Waals surface area contributed by atoms with Gasteiger partial charge in [-0.2, -0.15) is 0 Å².